The summed E-state index contributed by atoms with van der Waals surface area (Å²) in [5.74, 6) is -0.0151. The molecule has 3 heteroatoms. The van der Waals surface area contributed by atoms with Crippen LogP contribution in [0.25, 0.3) is 11.1 Å². The van der Waals surface area contributed by atoms with E-state index in [9.17, 15) is 4.79 Å². The first-order chi connectivity index (χ1) is 10.3. The molecule has 0 bridgehead atoms. The molecule has 1 N–H and O–H groups in total. The second-order valence-electron chi connectivity index (χ2n) is 6.29. The Kier molecular flexibility index (Phi) is 5.27. The highest BCUT2D eigenvalue weighted by Gasteiger charge is 2.19. The molecule has 0 radical (unpaired) electrons. The van der Waals surface area contributed by atoms with Crippen LogP contribution in [0.15, 0.2) is 42.5 Å². The molecule has 0 spiro atoms. The van der Waals surface area contributed by atoms with Crippen LogP contribution in [0.3, 0.4) is 0 Å². The monoisotopic (exact) mass is 407 g/mol. The molecule has 2 rings (SSSR count). The molecular formula is C19H22INO. The van der Waals surface area contributed by atoms with Crippen LogP contribution >= 0.6 is 22.6 Å². The van der Waals surface area contributed by atoms with Crippen molar-refractivity contribution in [3.63, 3.8) is 0 Å². The third-order valence-electron chi connectivity index (χ3n) is 3.88. The van der Waals surface area contributed by atoms with E-state index in [2.05, 4.69) is 72.1 Å². The van der Waals surface area contributed by atoms with Crippen molar-refractivity contribution in [3.8, 4) is 11.1 Å². The summed E-state index contributed by atoms with van der Waals surface area (Å²) >= 11 is 2.26. The summed E-state index contributed by atoms with van der Waals surface area (Å²) in [4.78, 5) is 12.5. The van der Waals surface area contributed by atoms with E-state index in [1.807, 2.05) is 26.0 Å². The van der Waals surface area contributed by atoms with E-state index in [1.165, 1.54) is 5.56 Å². The van der Waals surface area contributed by atoms with Crippen LogP contribution in [0, 0.1) is 10.5 Å². The van der Waals surface area contributed by atoms with Crippen molar-refractivity contribution in [2.45, 2.75) is 39.7 Å². The summed E-state index contributed by atoms with van der Waals surface area (Å²) in [5.41, 5.74) is 3.96. The Bertz CT molecular complexity index is 674. The number of nitrogens with one attached hydrogen (secondary N) is 1. The van der Waals surface area contributed by atoms with E-state index in [1.54, 1.807) is 0 Å². The Balaban J connectivity index is 2.34. The molecule has 0 unspecified atom stereocenters. The molecule has 2 nitrogen and oxygen atoms in total. The number of hydrogen-bond acceptors (Lipinski definition) is 1. The van der Waals surface area contributed by atoms with Crippen LogP contribution in [0.5, 0.6) is 0 Å². The second-order valence-corrected chi connectivity index (χ2v) is 7.53. The maximum Gasteiger partial charge on any atom is 0.251 e. The van der Waals surface area contributed by atoms with Gasteiger partial charge in [-0.3, -0.25) is 4.79 Å². The zero-order valence-electron chi connectivity index (χ0n) is 13.5. The molecule has 1 amide bonds. The van der Waals surface area contributed by atoms with Crippen molar-refractivity contribution in [1.29, 1.82) is 0 Å². The maximum atomic E-state index is 12.5. The number of halogens is 1. The molecule has 0 aliphatic carbocycles. The van der Waals surface area contributed by atoms with Crippen LogP contribution in [0.2, 0.25) is 0 Å². The molecule has 0 saturated heterocycles. The fraction of sp³-hybridized carbons (Fsp3) is 0.316. The summed E-state index contributed by atoms with van der Waals surface area (Å²) in [5, 5.41) is 3.09. The zero-order valence-corrected chi connectivity index (χ0v) is 15.7. The highest BCUT2D eigenvalue weighted by molar-refractivity contribution is 14.1. The molecule has 0 aliphatic rings. The van der Waals surface area contributed by atoms with Gasteiger partial charge in [0.05, 0.1) is 0 Å². The minimum Gasteiger partial charge on any atom is -0.347 e. The lowest BCUT2D eigenvalue weighted by Crippen LogP contribution is -2.42. The van der Waals surface area contributed by atoms with E-state index >= 15 is 0 Å². The summed E-state index contributed by atoms with van der Waals surface area (Å²) in [6, 6.07) is 14.4. The Labute approximate surface area is 146 Å². The van der Waals surface area contributed by atoms with Gasteiger partial charge in [0.15, 0.2) is 0 Å². The predicted octanol–water partition coefficient (Wildman–Crippen LogP) is 5.19. The predicted molar refractivity (Wildman–Crippen MR) is 101 cm³/mol. The van der Waals surface area contributed by atoms with Gasteiger partial charge in [0.2, 0.25) is 0 Å². The Morgan fingerprint density at radius 1 is 1.09 bits per heavy atom. The molecule has 0 fully saturated rings. The van der Waals surface area contributed by atoms with Crippen molar-refractivity contribution < 1.29 is 4.79 Å². The molecule has 22 heavy (non-hydrogen) atoms. The number of benzene rings is 2. The minimum atomic E-state index is -0.192. The molecule has 2 aromatic rings. The van der Waals surface area contributed by atoms with Crippen LogP contribution in [0.4, 0.5) is 0 Å². The van der Waals surface area contributed by atoms with Gasteiger partial charge in [-0.05, 0) is 79.1 Å². The summed E-state index contributed by atoms with van der Waals surface area (Å²) in [6.07, 6.45) is 0.896. The SMILES string of the molecule is CCC(C)(C)NC(=O)c1cc(I)cc(-c2ccc(C)cc2)c1. The van der Waals surface area contributed by atoms with E-state index in [0.717, 1.165) is 21.1 Å². The van der Waals surface area contributed by atoms with Crippen LogP contribution in [-0.4, -0.2) is 11.4 Å². The first kappa shape index (κ1) is 17.0. The normalized spacial score (nSPS) is 11.3. The van der Waals surface area contributed by atoms with E-state index in [-0.39, 0.29) is 11.4 Å². The maximum absolute atomic E-state index is 12.5. The number of carbonyl (C=O) groups excluding carboxylic acids is 1. The van der Waals surface area contributed by atoms with Crippen molar-refractivity contribution in [1.82, 2.24) is 5.32 Å². The van der Waals surface area contributed by atoms with Crippen LogP contribution in [-0.2, 0) is 0 Å². The molecule has 116 valence electrons. The lowest BCUT2D eigenvalue weighted by molar-refractivity contribution is 0.0911. The molecule has 0 aliphatic heterocycles. The molecule has 0 atom stereocenters. The van der Waals surface area contributed by atoms with Gasteiger partial charge in [0.25, 0.3) is 5.91 Å². The summed E-state index contributed by atoms with van der Waals surface area (Å²) in [6.45, 7) is 8.23. The largest absolute Gasteiger partial charge is 0.347 e. The third-order valence-corrected chi connectivity index (χ3v) is 4.50. The highest BCUT2D eigenvalue weighted by atomic mass is 127. The van der Waals surface area contributed by atoms with Gasteiger partial charge in [-0.2, -0.15) is 0 Å². The number of rotatable bonds is 4. The highest BCUT2D eigenvalue weighted by Crippen LogP contribution is 2.24. The smallest absolute Gasteiger partial charge is 0.251 e. The molecule has 0 heterocycles. The van der Waals surface area contributed by atoms with Crippen molar-refractivity contribution >= 4 is 28.5 Å². The van der Waals surface area contributed by atoms with Gasteiger partial charge < -0.3 is 5.32 Å². The molecular weight excluding hydrogens is 385 g/mol. The summed E-state index contributed by atoms with van der Waals surface area (Å²) < 4.78 is 1.06. The standard InChI is InChI=1S/C19H22INO/c1-5-19(3,4)21-18(22)16-10-15(11-17(20)12-16)14-8-6-13(2)7-9-14/h6-12H,5H2,1-4H3,(H,21,22). The van der Waals surface area contributed by atoms with Gasteiger partial charge in [0, 0.05) is 14.7 Å². The van der Waals surface area contributed by atoms with Gasteiger partial charge in [0.1, 0.15) is 0 Å². The topological polar surface area (TPSA) is 29.1 Å². The van der Waals surface area contributed by atoms with Crippen LogP contribution < -0.4 is 5.32 Å². The fourth-order valence-electron chi connectivity index (χ4n) is 2.10. The minimum absolute atomic E-state index is 0.0151. The van der Waals surface area contributed by atoms with Gasteiger partial charge in [-0.25, -0.2) is 0 Å². The van der Waals surface area contributed by atoms with Crippen molar-refractivity contribution in [3.05, 3.63) is 57.2 Å². The fourth-order valence-corrected chi connectivity index (χ4v) is 2.77. The molecule has 0 saturated carbocycles. The number of carbonyl (C=O) groups is 1. The Morgan fingerprint density at radius 2 is 1.73 bits per heavy atom. The first-order valence-corrected chi connectivity index (χ1v) is 8.59. The Morgan fingerprint density at radius 3 is 2.32 bits per heavy atom. The quantitative estimate of drug-likeness (QED) is 0.695. The third kappa shape index (κ3) is 4.32. The van der Waals surface area contributed by atoms with Gasteiger partial charge in [-0.1, -0.05) is 36.8 Å². The lowest BCUT2D eigenvalue weighted by atomic mass is 9.99. The van der Waals surface area contributed by atoms with Gasteiger partial charge >= 0.3 is 0 Å². The number of aryl methyl sites for hydroxylation is 1. The van der Waals surface area contributed by atoms with E-state index in [4.69, 9.17) is 0 Å². The Hall–Kier alpha value is -1.36. The summed E-state index contributed by atoms with van der Waals surface area (Å²) in [7, 11) is 0. The van der Waals surface area contributed by atoms with Crippen LogP contribution in [0.1, 0.15) is 43.1 Å². The first-order valence-electron chi connectivity index (χ1n) is 7.51. The van der Waals surface area contributed by atoms with E-state index < -0.39 is 0 Å². The second kappa shape index (κ2) is 6.82. The van der Waals surface area contributed by atoms with Crippen molar-refractivity contribution in [2.75, 3.05) is 0 Å². The molecule has 2 aromatic carbocycles. The van der Waals surface area contributed by atoms with Crippen molar-refractivity contribution in [2.24, 2.45) is 0 Å². The molecule has 0 aromatic heterocycles. The zero-order chi connectivity index (χ0) is 16.3. The van der Waals surface area contributed by atoms with Gasteiger partial charge in [-0.15, -0.1) is 0 Å². The number of amides is 1. The average Bonchev–Trinajstić information content (AvgIpc) is 2.47. The lowest BCUT2D eigenvalue weighted by Gasteiger charge is -2.24. The average molecular weight is 407 g/mol. The van der Waals surface area contributed by atoms with E-state index in [0.29, 0.717) is 5.56 Å². The number of hydrogen-bond donors (Lipinski definition) is 1.